The number of carbonyl (C=O) groups excluding carboxylic acids is 1. The van der Waals surface area contributed by atoms with Crippen LogP contribution in [-0.2, 0) is 23.1 Å². The molecule has 0 amide bonds. The fraction of sp³-hybridized carbons (Fsp3) is 0.538. The highest BCUT2D eigenvalue weighted by Crippen LogP contribution is 2.44. The quantitative estimate of drug-likeness (QED) is 0.310. The molecule has 3 rings (SSSR count). The molecule has 15 heteroatoms. The van der Waals surface area contributed by atoms with Gasteiger partial charge >= 0.3 is 13.8 Å². The van der Waals surface area contributed by atoms with Crippen LogP contribution in [0.15, 0.2) is 12.7 Å². The molecule has 1 saturated heterocycles. The van der Waals surface area contributed by atoms with E-state index in [-0.39, 0.29) is 17.0 Å². The zero-order valence-corrected chi connectivity index (χ0v) is 15.1. The molecule has 0 aromatic carbocycles. The van der Waals surface area contributed by atoms with Crippen molar-refractivity contribution in [3.8, 4) is 0 Å². The molecule has 5 atom stereocenters. The number of aliphatic hydroxyl groups excluding tert-OH is 3. The Morgan fingerprint density at radius 2 is 2.07 bits per heavy atom. The molecule has 1 fully saturated rings. The van der Waals surface area contributed by atoms with Crippen molar-refractivity contribution in [2.45, 2.75) is 31.0 Å². The molecule has 1 aliphatic rings. The predicted octanol–water partition coefficient (Wildman–Crippen LogP) is -1.93. The number of anilines is 1. The number of nitrogens with two attached hydrogens (primary N) is 1. The van der Waals surface area contributed by atoms with Crippen LogP contribution in [0.25, 0.3) is 11.2 Å². The standard InChI is InChI=1S/C13H18N5O9P/c14-11-8-12(16-4-15-11)18(5-17-8)13-10(22)9(21)6(26-13)3-25-28(23,24)27-7(20)1-2-19/h4-6,9-10,13,19,21-22H,1-3H2,(H,23,24)(H2,14,15,16)/t6-,9-,10-,13-/m1/s1. The summed E-state index contributed by atoms with van der Waals surface area (Å²) in [7, 11) is -4.79. The van der Waals surface area contributed by atoms with Crippen LogP contribution in [0.5, 0.6) is 0 Å². The summed E-state index contributed by atoms with van der Waals surface area (Å²) in [6.45, 7) is -1.23. The minimum absolute atomic E-state index is 0.114. The van der Waals surface area contributed by atoms with E-state index in [4.69, 9.17) is 15.6 Å². The van der Waals surface area contributed by atoms with Gasteiger partial charge in [0.05, 0.1) is 26.0 Å². The molecule has 2 aromatic heterocycles. The number of ether oxygens (including phenoxy) is 1. The van der Waals surface area contributed by atoms with Crippen LogP contribution in [0.1, 0.15) is 12.6 Å². The number of carbonyl (C=O) groups is 1. The average Bonchev–Trinajstić information content (AvgIpc) is 3.16. The highest BCUT2D eigenvalue weighted by atomic mass is 31.2. The van der Waals surface area contributed by atoms with E-state index in [0.29, 0.717) is 0 Å². The van der Waals surface area contributed by atoms with Crippen molar-refractivity contribution in [1.82, 2.24) is 19.5 Å². The predicted molar refractivity (Wildman–Crippen MR) is 89.2 cm³/mol. The van der Waals surface area contributed by atoms with E-state index in [0.717, 1.165) is 0 Å². The molecule has 1 unspecified atom stereocenters. The zero-order chi connectivity index (χ0) is 20.5. The number of fused-ring (bicyclic) bond motifs is 1. The maximum Gasteiger partial charge on any atom is 0.529 e. The number of phosphoric ester groups is 1. The summed E-state index contributed by atoms with van der Waals surface area (Å²) in [6.07, 6.45) is -3.32. The monoisotopic (exact) mass is 419 g/mol. The maximum atomic E-state index is 11.7. The molecular formula is C13H18N5O9P. The topological polar surface area (TPSA) is 212 Å². The molecule has 0 radical (unpaired) electrons. The van der Waals surface area contributed by atoms with Crippen molar-refractivity contribution in [3.05, 3.63) is 12.7 Å². The third-order valence-electron chi connectivity index (χ3n) is 3.93. The number of aliphatic hydroxyl groups is 3. The summed E-state index contributed by atoms with van der Waals surface area (Å²) >= 11 is 0. The first-order valence-electron chi connectivity index (χ1n) is 7.98. The second-order valence-corrected chi connectivity index (χ2v) is 7.21. The van der Waals surface area contributed by atoms with Gasteiger partial charge < -0.3 is 30.3 Å². The lowest BCUT2D eigenvalue weighted by Gasteiger charge is -2.17. The van der Waals surface area contributed by atoms with E-state index < -0.39 is 58.0 Å². The van der Waals surface area contributed by atoms with E-state index in [1.165, 1.54) is 17.2 Å². The lowest BCUT2D eigenvalue weighted by Crippen LogP contribution is -2.33. The molecular weight excluding hydrogens is 401 g/mol. The molecule has 14 nitrogen and oxygen atoms in total. The summed E-state index contributed by atoms with van der Waals surface area (Å²) in [5.41, 5.74) is 6.21. The molecule has 0 bridgehead atoms. The Bertz CT molecular complexity index is 908. The van der Waals surface area contributed by atoms with Crippen LogP contribution in [0.3, 0.4) is 0 Å². The summed E-state index contributed by atoms with van der Waals surface area (Å²) in [5, 5.41) is 29.0. The number of aromatic nitrogens is 4. The van der Waals surface area contributed by atoms with Gasteiger partial charge in [0.1, 0.15) is 30.2 Å². The fourth-order valence-corrected chi connectivity index (χ4v) is 3.35. The number of hydrogen-bond donors (Lipinski definition) is 5. The third-order valence-corrected chi connectivity index (χ3v) is 4.84. The van der Waals surface area contributed by atoms with Crippen molar-refractivity contribution in [2.24, 2.45) is 0 Å². The first-order valence-corrected chi connectivity index (χ1v) is 9.48. The number of nitrogens with zero attached hydrogens (tertiary/aromatic N) is 4. The van der Waals surface area contributed by atoms with Gasteiger partial charge in [-0.25, -0.2) is 19.5 Å². The summed E-state index contributed by atoms with van der Waals surface area (Å²) in [6, 6.07) is 0. The normalized spacial score (nSPS) is 27.0. The van der Waals surface area contributed by atoms with E-state index >= 15 is 0 Å². The lowest BCUT2D eigenvalue weighted by atomic mass is 10.1. The number of rotatable bonds is 7. The summed E-state index contributed by atoms with van der Waals surface area (Å²) in [4.78, 5) is 32.5. The Labute approximate surface area is 157 Å². The van der Waals surface area contributed by atoms with E-state index in [1.807, 2.05) is 0 Å². The number of phosphoric acid groups is 1. The van der Waals surface area contributed by atoms with Gasteiger partial charge in [-0.2, -0.15) is 0 Å². The molecule has 0 spiro atoms. The van der Waals surface area contributed by atoms with Gasteiger partial charge in [-0.3, -0.25) is 18.8 Å². The third kappa shape index (κ3) is 4.12. The van der Waals surface area contributed by atoms with Gasteiger partial charge in [-0.05, 0) is 0 Å². The van der Waals surface area contributed by atoms with Gasteiger partial charge in [0.2, 0.25) is 0 Å². The zero-order valence-electron chi connectivity index (χ0n) is 14.2. The van der Waals surface area contributed by atoms with Gasteiger partial charge in [-0.1, -0.05) is 0 Å². The maximum absolute atomic E-state index is 11.7. The molecule has 154 valence electrons. The summed E-state index contributed by atoms with van der Waals surface area (Å²) < 4.78 is 27.4. The van der Waals surface area contributed by atoms with Crippen molar-refractivity contribution in [3.63, 3.8) is 0 Å². The van der Waals surface area contributed by atoms with Gasteiger partial charge in [0.15, 0.2) is 17.7 Å². The summed E-state index contributed by atoms with van der Waals surface area (Å²) in [5.74, 6) is -1.02. The van der Waals surface area contributed by atoms with Crippen LogP contribution < -0.4 is 5.73 Å². The molecule has 2 aromatic rings. The molecule has 0 aliphatic carbocycles. The van der Waals surface area contributed by atoms with Gasteiger partial charge in [-0.15, -0.1) is 0 Å². The minimum Gasteiger partial charge on any atom is -0.396 e. The van der Waals surface area contributed by atoms with E-state index in [1.54, 1.807) is 0 Å². The Morgan fingerprint density at radius 3 is 2.79 bits per heavy atom. The second-order valence-electron chi connectivity index (χ2n) is 5.83. The van der Waals surface area contributed by atoms with Crippen molar-refractivity contribution in [1.29, 1.82) is 0 Å². The van der Waals surface area contributed by atoms with Crippen LogP contribution >= 0.6 is 7.82 Å². The second kappa shape index (κ2) is 8.05. The SMILES string of the molecule is Nc1ncnc2c1ncn2[C@@H]1O[C@H](COP(=O)(O)OC(=O)CCO)[C@@H](O)[C@H]1O. The van der Waals surface area contributed by atoms with E-state index in [9.17, 15) is 24.5 Å². The van der Waals surface area contributed by atoms with E-state index in [2.05, 4.69) is 24.0 Å². The first-order chi connectivity index (χ1) is 13.2. The van der Waals surface area contributed by atoms with Crippen LogP contribution in [0, 0.1) is 0 Å². The Morgan fingerprint density at radius 1 is 1.32 bits per heavy atom. The number of imidazole rings is 1. The first kappa shape index (κ1) is 20.5. The van der Waals surface area contributed by atoms with Crippen LogP contribution in [-0.4, -0.2) is 77.2 Å². The smallest absolute Gasteiger partial charge is 0.396 e. The van der Waals surface area contributed by atoms with Crippen molar-refractivity contribution >= 4 is 30.8 Å². The Balaban J connectivity index is 1.69. The van der Waals surface area contributed by atoms with Crippen LogP contribution in [0.4, 0.5) is 5.82 Å². The van der Waals surface area contributed by atoms with Crippen molar-refractivity contribution in [2.75, 3.05) is 18.9 Å². The molecule has 3 heterocycles. The molecule has 0 saturated carbocycles. The Hall–Kier alpha value is -2.19. The van der Waals surface area contributed by atoms with Crippen LogP contribution in [0.2, 0.25) is 0 Å². The highest BCUT2D eigenvalue weighted by molar-refractivity contribution is 7.48. The highest BCUT2D eigenvalue weighted by Gasteiger charge is 2.45. The number of hydrogen-bond acceptors (Lipinski definition) is 12. The molecule has 6 N–H and O–H groups in total. The lowest BCUT2D eigenvalue weighted by molar-refractivity contribution is -0.137. The molecule has 1 aliphatic heterocycles. The largest absolute Gasteiger partial charge is 0.529 e. The fourth-order valence-electron chi connectivity index (χ4n) is 2.61. The van der Waals surface area contributed by atoms with Crippen molar-refractivity contribution < 1.29 is 43.4 Å². The van der Waals surface area contributed by atoms with Gasteiger partial charge in [0, 0.05) is 0 Å². The average molecular weight is 419 g/mol. The Kier molecular flexibility index (Phi) is 5.90. The number of nitrogen functional groups attached to an aromatic ring is 1. The molecule has 28 heavy (non-hydrogen) atoms. The van der Waals surface area contributed by atoms with Gasteiger partial charge in [0.25, 0.3) is 0 Å². The minimum atomic E-state index is -4.79.